The predicted molar refractivity (Wildman–Crippen MR) is 63.5 cm³/mol. The molecule has 0 unspecified atom stereocenters. The van der Waals surface area contributed by atoms with Gasteiger partial charge in [0.15, 0.2) is 23.3 Å². The molecule has 1 aromatic carbocycles. The predicted octanol–water partition coefficient (Wildman–Crippen LogP) is 4.35. The van der Waals surface area contributed by atoms with E-state index in [4.69, 9.17) is 7.85 Å². The zero-order chi connectivity index (χ0) is 14.8. The van der Waals surface area contributed by atoms with Gasteiger partial charge in [-0.1, -0.05) is 39.5 Å². The lowest BCUT2D eigenvalue weighted by atomic mass is 9.59. The lowest BCUT2D eigenvalue weighted by Crippen LogP contribution is -2.30. The Morgan fingerprint density at radius 3 is 1.37 bits per heavy atom. The van der Waals surface area contributed by atoms with Crippen molar-refractivity contribution in [2.45, 2.75) is 44.8 Å². The monoisotopic (exact) mass is 276 g/mol. The zero-order valence-corrected chi connectivity index (χ0v) is 10.8. The van der Waals surface area contributed by atoms with Gasteiger partial charge in [0.2, 0.25) is 5.82 Å². The van der Waals surface area contributed by atoms with E-state index < -0.39 is 40.0 Å². The van der Waals surface area contributed by atoms with Crippen molar-refractivity contribution in [2.24, 2.45) is 0 Å². The van der Waals surface area contributed by atoms with Gasteiger partial charge in [0.1, 0.15) is 0 Å². The molecular formula is C13H14BF5. The van der Waals surface area contributed by atoms with E-state index in [1.165, 1.54) is 0 Å². The molecule has 0 amide bonds. The van der Waals surface area contributed by atoms with E-state index in [2.05, 4.69) is 0 Å². The van der Waals surface area contributed by atoms with Crippen LogP contribution in [0, 0.1) is 29.1 Å². The van der Waals surface area contributed by atoms with Crippen molar-refractivity contribution < 1.29 is 22.0 Å². The summed E-state index contributed by atoms with van der Waals surface area (Å²) in [6, 6.07) is 0. The van der Waals surface area contributed by atoms with Crippen molar-refractivity contribution in [2.75, 3.05) is 0 Å². The van der Waals surface area contributed by atoms with Gasteiger partial charge in [-0.2, -0.15) is 0 Å². The summed E-state index contributed by atoms with van der Waals surface area (Å²) in [5.74, 6) is -9.72. The highest BCUT2D eigenvalue weighted by Gasteiger charge is 2.36. The Labute approximate surface area is 110 Å². The Morgan fingerprint density at radius 2 is 1.05 bits per heavy atom. The van der Waals surface area contributed by atoms with Crippen LogP contribution < -0.4 is 0 Å². The second-order valence-electron chi connectivity index (χ2n) is 4.60. The summed E-state index contributed by atoms with van der Waals surface area (Å²) in [5.41, 5.74) is -0.910. The lowest BCUT2D eigenvalue weighted by Gasteiger charge is -2.31. The number of hydrogen-bond donors (Lipinski definition) is 0. The lowest BCUT2D eigenvalue weighted by molar-refractivity contribution is 0.348. The fraction of sp³-hybridized carbons (Fsp3) is 0.538. The highest BCUT2D eigenvalue weighted by molar-refractivity contribution is 6.16. The van der Waals surface area contributed by atoms with Crippen LogP contribution >= 0.6 is 0 Å². The first-order chi connectivity index (χ1) is 8.80. The molecule has 0 bridgehead atoms. The largest absolute Gasteiger partial charge is 0.203 e. The average molecular weight is 276 g/mol. The molecule has 2 radical (unpaired) electrons. The maximum atomic E-state index is 13.7. The molecule has 0 aliphatic heterocycles. The fourth-order valence-electron chi connectivity index (χ4n) is 2.31. The summed E-state index contributed by atoms with van der Waals surface area (Å²) in [6.07, 6.45) is 1.21. The molecule has 1 rings (SSSR count). The van der Waals surface area contributed by atoms with Crippen molar-refractivity contribution in [3.05, 3.63) is 34.6 Å². The van der Waals surface area contributed by atoms with Crippen LogP contribution in [0.25, 0.3) is 0 Å². The van der Waals surface area contributed by atoms with Crippen LogP contribution in [0.5, 0.6) is 0 Å². The molecule has 0 aliphatic carbocycles. The maximum Gasteiger partial charge on any atom is 0.200 e. The van der Waals surface area contributed by atoms with Crippen molar-refractivity contribution in [1.29, 1.82) is 0 Å². The van der Waals surface area contributed by atoms with E-state index in [9.17, 15) is 22.0 Å². The minimum absolute atomic E-state index is 0.138. The number of hydrogen-bond acceptors (Lipinski definition) is 0. The molecule has 0 saturated heterocycles. The van der Waals surface area contributed by atoms with Gasteiger partial charge >= 0.3 is 0 Å². The molecule has 0 heterocycles. The van der Waals surface area contributed by atoms with Crippen LogP contribution in [0.1, 0.15) is 45.1 Å². The first-order valence-corrected chi connectivity index (χ1v) is 6.10. The summed E-state index contributed by atoms with van der Waals surface area (Å²) < 4.78 is 66.9. The summed E-state index contributed by atoms with van der Waals surface area (Å²) in [4.78, 5) is 0. The summed E-state index contributed by atoms with van der Waals surface area (Å²) in [6.45, 7) is 3.45. The van der Waals surface area contributed by atoms with Gasteiger partial charge in [-0.05, 0) is 5.31 Å². The molecule has 0 atom stereocenters. The Bertz CT molecular complexity index is 438. The minimum atomic E-state index is -2.16. The first-order valence-electron chi connectivity index (χ1n) is 6.10. The molecule has 1 aromatic rings. The molecule has 0 aromatic heterocycles. The van der Waals surface area contributed by atoms with Crippen molar-refractivity contribution in [3.8, 4) is 0 Å². The Kier molecular flexibility index (Phi) is 4.99. The van der Waals surface area contributed by atoms with E-state index >= 15 is 0 Å². The summed E-state index contributed by atoms with van der Waals surface area (Å²) in [7, 11) is 5.89. The van der Waals surface area contributed by atoms with Crippen LogP contribution in [0.15, 0.2) is 0 Å². The topological polar surface area (TPSA) is 0 Å². The fourth-order valence-corrected chi connectivity index (χ4v) is 2.31. The van der Waals surface area contributed by atoms with E-state index in [0.717, 1.165) is 0 Å². The molecular weight excluding hydrogens is 262 g/mol. The van der Waals surface area contributed by atoms with E-state index in [0.29, 0.717) is 12.8 Å². The third-order valence-corrected chi connectivity index (χ3v) is 3.10. The van der Waals surface area contributed by atoms with E-state index in [1.54, 1.807) is 13.8 Å². The molecule has 0 N–H and O–H groups in total. The SMILES string of the molecule is [B]C(CCC)(CCC)c1c(F)c(F)c(F)c(F)c1F. The van der Waals surface area contributed by atoms with Crippen LogP contribution in [0.2, 0.25) is 0 Å². The first kappa shape index (κ1) is 16.0. The van der Waals surface area contributed by atoms with E-state index in [-0.39, 0.29) is 12.8 Å². The molecule has 0 nitrogen and oxygen atoms in total. The third kappa shape index (κ3) is 2.77. The third-order valence-electron chi connectivity index (χ3n) is 3.10. The van der Waals surface area contributed by atoms with Gasteiger partial charge in [-0.25, -0.2) is 22.0 Å². The highest BCUT2D eigenvalue weighted by atomic mass is 19.2. The number of benzene rings is 1. The number of halogens is 5. The van der Waals surface area contributed by atoms with Crippen LogP contribution in [0.4, 0.5) is 22.0 Å². The van der Waals surface area contributed by atoms with Crippen LogP contribution in [-0.2, 0) is 5.31 Å². The summed E-state index contributed by atoms with van der Waals surface area (Å²) in [5, 5.41) is -1.55. The average Bonchev–Trinajstić information content (AvgIpc) is 2.34. The Hall–Kier alpha value is -1.07. The summed E-state index contributed by atoms with van der Waals surface area (Å²) >= 11 is 0. The standard InChI is InChI=1S/C13H14BF5/c1-3-5-13(14,6-4-2)7-8(15)10(17)12(19)11(18)9(7)16/h3-6H2,1-2H3. The quantitative estimate of drug-likeness (QED) is 0.324. The van der Waals surface area contributed by atoms with Crippen LogP contribution in [-0.4, -0.2) is 7.85 Å². The molecule has 104 valence electrons. The Morgan fingerprint density at radius 1 is 0.737 bits per heavy atom. The van der Waals surface area contributed by atoms with Gasteiger partial charge in [0.05, 0.1) is 7.85 Å². The maximum absolute atomic E-state index is 13.7. The second kappa shape index (κ2) is 5.93. The molecule has 0 fully saturated rings. The second-order valence-corrected chi connectivity index (χ2v) is 4.60. The van der Waals surface area contributed by atoms with Gasteiger partial charge in [-0.15, -0.1) is 0 Å². The van der Waals surface area contributed by atoms with Gasteiger partial charge in [-0.3, -0.25) is 0 Å². The molecule has 19 heavy (non-hydrogen) atoms. The number of rotatable bonds is 5. The normalized spacial score (nSPS) is 11.9. The van der Waals surface area contributed by atoms with Crippen molar-refractivity contribution >= 4 is 7.85 Å². The van der Waals surface area contributed by atoms with Gasteiger partial charge in [0.25, 0.3) is 0 Å². The highest BCUT2D eigenvalue weighted by Crippen LogP contribution is 2.37. The smallest absolute Gasteiger partial charge is 0.200 e. The van der Waals surface area contributed by atoms with E-state index in [1.807, 2.05) is 0 Å². The van der Waals surface area contributed by atoms with Gasteiger partial charge in [0, 0.05) is 5.56 Å². The van der Waals surface area contributed by atoms with Crippen LogP contribution in [0.3, 0.4) is 0 Å². The Balaban J connectivity index is 3.55. The van der Waals surface area contributed by atoms with Crippen molar-refractivity contribution in [3.63, 3.8) is 0 Å². The zero-order valence-electron chi connectivity index (χ0n) is 10.8. The minimum Gasteiger partial charge on any atom is -0.203 e. The molecule has 0 aliphatic rings. The van der Waals surface area contributed by atoms with Crippen molar-refractivity contribution in [1.82, 2.24) is 0 Å². The molecule has 0 saturated carbocycles. The molecule has 6 heteroatoms. The van der Waals surface area contributed by atoms with Gasteiger partial charge < -0.3 is 0 Å². The molecule has 0 spiro atoms.